The topological polar surface area (TPSA) is 52.6 Å². The van der Waals surface area contributed by atoms with Gasteiger partial charge in [-0.15, -0.1) is 0 Å². The molecule has 0 aliphatic rings. The summed E-state index contributed by atoms with van der Waals surface area (Å²) in [4.78, 5) is 8.00. The summed E-state index contributed by atoms with van der Waals surface area (Å²) >= 11 is 5.60. The SMILES string of the molecule is C=O.CCCCCCCCCCCCCCCCS.CCCCCCCCCCCCCCCCSP(=O)(OCC)OCC. The summed E-state index contributed by atoms with van der Waals surface area (Å²) in [5.74, 6) is 1.94. The van der Waals surface area contributed by atoms with E-state index < -0.39 is 6.80 Å². The van der Waals surface area contributed by atoms with Crippen LogP contribution in [0.25, 0.3) is 0 Å². The van der Waals surface area contributed by atoms with E-state index in [1.807, 2.05) is 20.6 Å². The molecule has 0 aromatic carbocycles. The number of thiol groups is 1. The van der Waals surface area contributed by atoms with Gasteiger partial charge < -0.3 is 13.8 Å². The number of hydrogen-bond acceptors (Lipinski definition) is 6. The average Bonchev–Trinajstić information content (AvgIpc) is 3.03. The highest BCUT2D eigenvalue weighted by atomic mass is 32.7. The fraction of sp³-hybridized carbons (Fsp3) is 0.973. The molecular formula is C37H79O4PS2. The Morgan fingerprint density at radius 2 is 0.705 bits per heavy atom. The van der Waals surface area contributed by atoms with Crippen molar-refractivity contribution in [2.75, 3.05) is 24.7 Å². The van der Waals surface area contributed by atoms with Crippen molar-refractivity contribution in [1.82, 2.24) is 0 Å². The number of carbonyl (C=O) groups is 1. The standard InChI is InChI=1S/C20H43O3PS.C16H34S.CH2O/c1-4-7-8-9-10-11-12-13-14-15-16-17-18-19-20-25-24(21,22-5-2)23-6-3;1-2-3-4-5-6-7-8-9-10-11-12-13-14-15-16-17;1-2/h4-20H2,1-3H3;17H,2-16H2,1H3;1H2. The normalized spacial score (nSPS) is 11.1. The second-order valence-electron chi connectivity index (χ2n) is 12.0. The Morgan fingerprint density at radius 1 is 0.455 bits per heavy atom. The van der Waals surface area contributed by atoms with Crippen molar-refractivity contribution in [3.8, 4) is 0 Å². The van der Waals surface area contributed by atoms with Gasteiger partial charge in [-0.2, -0.15) is 12.6 Å². The van der Waals surface area contributed by atoms with Crippen LogP contribution in [0.2, 0.25) is 0 Å². The lowest BCUT2D eigenvalue weighted by Gasteiger charge is -2.15. The van der Waals surface area contributed by atoms with Crippen molar-refractivity contribution in [3.05, 3.63) is 0 Å². The maximum absolute atomic E-state index is 12.3. The number of rotatable bonds is 34. The van der Waals surface area contributed by atoms with E-state index in [9.17, 15) is 4.57 Å². The van der Waals surface area contributed by atoms with Crippen LogP contribution in [0.4, 0.5) is 0 Å². The first-order chi connectivity index (χ1) is 21.6. The lowest BCUT2D eigenvalue weighted by molar-refractivity contribution is -0.0980. The number of carbonyl (C=O) groups excluding carboxylic acids is 1. The van der Waals surface area contributed by atoms with Crippen LogP contribution in [-0.4, -0.2) is 31.5 Å². The molecule has 0 saturated heterocycles. The second kappa shape index (κ2) is 45.6. The van der Waals surface area contributed by atoms with E-state index in [1.165, 1.54) is 185 Å². The summed E-state index contributed by atoms with van der Waals surface area (Å²) in [5, 5.41) is 0. The molecule has 0 amide bonds. The van der Waals surface area contributed by atoms with Crippen molar-refractivity contribution in [1.29, 1.82) is 0 Å². The molecule has 0 rings (SSSR count). The van der Waals surface area contributed by atoms with E-state index in [4.69, 9.17) is 13.8 Å². The van der Waals surface area contributed by atoms with E-state index in [2.05, 4.69) is 26.5 Å². The fourth-order valence-corrected chi connectivity index (χ4v) is 8.98. The van der Waals surface area contributed by atoms with Gasteiger partial charge in [0.2, 0.25) is 0 Å². The van der Waals surface area contributed by atoms with Gasteiger partial charge in [0.15, 0.2) is 0 Å². The van der Waals surface area contributed by atoms with Crippen LogP contribution in [0, 0.1) is 0 Å². The smallest absolute Gasteiger partial charge is 0.307 e. The van der Waals surface area contributed by atoms with Gasteiger partial charge in [-0.3, -0.25) is 0 Å². The van der Waals surface area contributed by atoms with Gasteiger partial charge in [-0.25, -0.2) is 4.57 Å². The van der Waals surface area contributed by atoms with Crippen LogP contribution in [0.3, 0.4) is 0 Å². The maximum atomic E-state index is 12.3. The molecule has 0 aliphatic carbocycles. The van der Waals surface area contributed by atoms with E-state index in [0.29, 0.717) is 13.2 Å². The molecule has 0 heterocycles. The molecule has 44 heavy (non-hydrogen) atoms. The number of hydrogen-bond donors (Lipinski definition) is 1. The molecule has 268 valence electrons. The van der Waals surface area contributed by atoms with Gasteiger partial charge in [0.1, 0.15) is 6.79 Å². The van der Waals surface area contributed by atoms with Crippen molar-refractivity contribution in [2.24, 2.45) is 0 Å². The Bertz CT molecular complexity index is 516. The lowest BCUT2D eigenvalue weighted by atomic mass is 10.0. The molecule has 0 aromatic rings. The Labute approximate surface area is 287 Å². The first-order valence-corrected chi connectivity index (χ1v) is 22.8. The molecule has 0 aliphatic heterocycles. The highest BCUT2D eigenvalue weighted by Gasteiger charge is 2.23. The minimum Gasteiger partial charge on any atom is -0.307 e. The van der Waals surface area contributed by atoms with Crippen molar-refractivity contribution < 1.29 is 18.4 Å². The second-order valence-corrected chi connectivity index (χ2v) is 16.7. The van der Waals surface area contributed by atoms with E-state index in [0.717, 1.165) is 17.9 Å². The maximum Gasteiger partial charge on any atom is 0.389 e. The van der Waals surface area contributed by atoms with Crippen LogP contribution < -0.4 is 0 Å². The van der Waals surface area contributed by atoms with Crippen molar-refractivity contribution in [3.63, 3.8) is 0 Å². The molecule has 0 bridgehead atoms. The molecule has 0 N–H and O–H groups in total. The van der Waals surface area contributed by atoms with Crippen LogP contribution >= 0.6 is 30.8 Å². The predicted octanol–water partition coefficient (Wildman–Crippen LogP) is 14.6. The molecule has 0 fully saturated rings. The van der Waals surface area contributed by atoms with Crippen LogP contribution in [0.1, 0.15) is 207 Å². The molecule has 0 unspecified atom stereocenters. The molecule has 7 heteroatoms. The van der Waals surface area contributed by atoms with Crippen molar-refractivity contribution in [2.45, 2.75) is 207 Å². The van der Waals surface area contributed by atoms with Crippen molar-refractivity contribution >= 4 is 37.6 Å². The van der Waals surface area contributed by atoms with Gasteiger partial charge in [0.05, 0.1) is 13.2 Å². The summed E-state index contributed by atoms with van der Waals surface area (Å²) in [7, 11) is 0. The first kappa shape index (κ1) is 48.9. The molecule has 0 radical (unpaired) electrons. The first-order valence-electron chi connectivity index (χ1n) is 19.0. The summed E-state index contributed by atoms with van der Waals surface area (Å²) in [6, 6.07) is 0. The molecule has 4 nitrogen and oxygen atoms in total. The Morgan fingerprint density at radius 3 is 0.955 bits per heavy atom. The molecule has 0 atom stereocenters. The summed E-state index contributed by atoms with van der Waals surface area (Å²) in [6.45, 7) is 8.29. The predicted molar refractivity (Wildman–Crippen MR) is 205 cm³/mol. The highest BCUT2D eigenvalue weighted by molar-refractivity contribution is 8.55. The average molecular weight is 683 g/mol. The molecule has 0 saturated carbocycles. The largest absolute Gasteiger partial charge is 0.389 e. The highest BCUT2D eigenvalue weighted by Crippen LogP contribution is 2.60. The third kappa shape index (κ3) is 44.6. The van der Waals surface area contributed by atoms with Crippen LogP contribution in [-0.2, 0) is 18.4 Å². The third-order valence-electron chi connectivity index (χ3n) is 7.83. The Balaban J connectivity index is -0.000000771. The van der Waals surface area contributed by atoms with Gasteiger partial charge in [0.25, 0.3) is 0 Å². The monoisotopic (exact) mass is 683 g/mol. The number of unbranched alkanes of at least 4 members (excludes halogenated alkanes) is 26. The quantitative estimate of drug-likeness (QED) is 0.0416. The van der Waals surface area contributed by atoms with Gasteiger partial charge in [0, 0.05) is 5.75 Å². The van der Waals surface area contributed by atoms with Gasteiger partial charge in [-0.1, -0.05) is 181 Å². The lowest BCUT2D eigenvalue weighted by Crippen LogP contribution is -1.93. The minimum atomic E-state index is -2.89. The van der Waals surface area contributed by atoms with Gasteiger partial charge >= 0.3 is 6.80 Å². The third-order valence-corrected chi connectivity index (χ3v) is 12.2. The van der Waals surface area contributed by atoms with Crippen LogP contribution in [0.15, 0.2) is 0 Å². The van der Waals surface area contributed by atoms with E-state index >= 15 is 0 Å². The summed E-state index contributed by atoms with van der Waals surface area (Å²) in [5.41, 5.74) is 0. The zero-order valence-corrected chi connectivity index (χ0v) is 32.9. The zero-order chi connectivity index (χ0) is 33.2. The Kier molecular flexibility index (Phi) is 50.7. The van der Waals surface area contributed by atoms with Gasteiger partial charge in [-0.05, 0) is 43.8 Å². The molecule has 0 spiro atoms. The summed E-state index contributed by atoms with van der Waals surface area (Å²) < 4.78 is 22.8. The molecule has 0 aromatic heterocycles. The Hall–Kier alpha value is 0.520. The zero-order valence-electron chi connectivity index (χ0n) is 30.3. The van der Waals surface area contributed by atoms with E-state index in [1.54, 1.807) is 0 Å². The fourth-order valence-electron chi connectivity index (χ4n) is 5.21. The van der Waals surface area contributed by atoms with Crippen LogP contribution in [0.5, 0.6) is 0 Å². The van der Waals surface area contributed by atoms with E-state index in [-0.39, 0.29) is 0 Å². The molecular weight excluding hydrogens is 604 g/mol. The minimum absolute atomic E-state index is 0.447. The summed E-state index contributed by atoms with van der Waals surface area (Å²) in [6.07, 6.45) is 39.2.